The van der Waals surface area contributed by atoms with E-state index in [1.54, 1.807) is 0 Å². The number of ether oxygens (including phenoxy) is 4. The monoisotopic (exact) mass is 522 g/mol. The fourth-order valence-electron chi connectivity index (χ4n) is 4.76. The molecule has 0 unspecified atom stereocenters. The smallest absolute Gasteiger partial charge is 0.344 e. The maximum Gasteiger partial charge on any atom is 0.344 e. The highest BCUT2D eigenvalue weighted by Crippen LogP contribution is 2.45. The molecular weight excluding hydrogens is 480 g/mol. The molecule has 0 bridgehead atoms. The van der Waals surface area contributed by atoms with Crippen LogP contribution in [0.4, 0.5) is 0 Å². The molecule has 3 rings (SSSR count). The van der Waals surface area contributed by atoms with Crippen molar-refractivity contribution in [2.45, 2.75) is 79.1 Å². The second-order valence-electron chi connectivity index (χ2n) is 9.47. The first-order valence-corrected chi connectivity index (χ1v) is 14.1. The minimum absolute atomic E-state index is 0.172. The SMILES string of the molecule is CCCCCOC(=O)COc1c2ccccc2c(OCC(=O)OCCCCC)c2c(CC)c(CC)ccc12. The highest BCUT2D eigenvalue weighted by atomic mass is 16.6. The van der Waals surface area contributed by atoms with E-state index in [-0.39, 0.29) is 25.2 Å². The number of carbonyl (C=O) groups excluding carboxylic acids is 2. The molecule has 0 N–H and O–H groups in total. The number of aryl methyl sites for hydroxylation is 2. The van der Waals surface area contributed by atoms with Crippen molar-refractivity contribution in [3.63, 3.8) is 0 Å². The quantitative estimate of drug-likeness (QED) is 0.111. The van der Waals surface area contributed by atoms with Gasteiger partial charge >= 0.3 is 11.9 Å². The first-order valence-electron chi connectivity index (χ1n) is 14.1. The van der Waals surface area contributed by atoms with E-state index >= 15 is 0 Å². The van der Waals surface area contributed by atoms with Crippen LogP contribution in [-0.4, -0.2) is 38.4 Å². The Labute approximate surface area is 226 Å². The third-order valence-electron chi connectivity index (χ3n) is 6.72. The number of unbranched alkanes of at least 4 members (excludes halogenated alkanes) is 4. The summed E-state index contributed by atoms with van der Waals surface area (Å²) < 4.78 is 23.1. The molecule has 0 aliphatic heterocycles. The summed E-state index contributed by atoms with van der Waals surface area (Å²) in [5.74, 6) is 0.496. The van der Waals surface area contributed by atoms with Crippen molar-refractivity contribution in [2.75, 3.05) is 26.4 Å². The number of carbonyl (C=O) groups is 2. The number of esters is 2. The van der Waals surface area contributed by atoms with Crippen LogP contribution in [0.15, 0.2) is 36.4 Å². The Kier molecular flexibility index (Phi) is 11.7. The third kappa shape index (κ3) is 7.40. The van der Waals surface area contributed by atoms with Crippen LogP contribution >= 0.6 is 0 Å². The average molecular weight is 523 g/mol. The van der Waals surface area contributed by atoms with E-state index in [1.807, 2.05) is 30.3 Å². The van der Waals surface area contributed by atoms with Crippen LogP contribution in [0.2, 0.25) is 0 Å². The summed E-state index contributed by atoms with van der Waals surface area (Å²) in [6, 6.07) is 11.9. The Morgan fingerprint density at radius 1 is 0.632 bits per heavy atom. The fourth-order valence-corrected chi connectivity index (χ4v) is 4.76. The first-order chi connectivity index (χ1) is 18.5. The predicted octanol–water partition coefficient (Wildman–Crippen LogP) is 7.34. The number of fused-ring (bicyclic) bond motifs is 2. The molecule has 0 heterocycles. The Morgan fingerprint density at radius 3 is 1.71 bits per heavy atom. The van der Waals surface area contributed by atoms with Gasteiger partial charge in [0.2, 0.25) is 0 Å². The summed E-state index contributed by atoms with van der Waals surface area (Å²) >= 11 is 0. The van der Waals surface area contributed by atoms with Crippen molar-refractivity contribution in [1.29, 1.82) is 0 Å². The second-order valence-corrected chi connectivity index (χ2v) is 9.47. The van der Waals surface area contributed by atoms with E-state index in [4.69, 9.17) is 18.9 Å². The normalized spacial score (nSPS) is 11.1. The van der Waals surface area contributed by atoms with Crippen LogP contribution in [0, 0.1) is 0 Å². The van der Waals surface area contributed by atoms with E-state index in [2.05, 4.69) is 33.8 Å². The van der Waals surface area contributed by atoms with Crippen molar-refractivity contribution >= 4 is 33.5 Å². The lowest BCUT2D eigenvalue weighted by Crippen LogP contribution is -2.17. The van der Waals surface area contributed by atoms with Crippen molar-refractivity contribution in [2.24, 2.45) is 0 Å². The minimum Gasteiger partial charge on any atom is -0.481 e. The lowest BCUT2D eigenvalue weighted by atomic mass is 9.91. The molecule has 6 heteroatoms. The van der Waals surface area contributed by atoms with E-state index < -0.39 is 0 Å². The Hall–Kier alpha value is -3.28. The standard InChI is InChI=1S/C32H42O6/c1-5-9-13-19-35-28(33)21-37-31-25-15-11-12-16-26(25)32(38-22-29(34)36-20-14-10-6-2)30-24(8-4)23(7-3)17-18-27(30)31/h11-12,15-18H,5-10,13-14,19-22H2,1-4H3. The zero-order valence-electron chi connectivity index (χ0n) is 23.4. The van der Waals surface area contributed by atoms with E-state index in [1.165, 1.54) is 5.56 Å². The molecule has 3 aromatic carbocycles. The Bertz CT molecular complexity index is 1220. The molecule has 0 aliphatic rings. The van der Waals surface area contributed by atoms with Gasteiger partial charge in [-0.15, -0.1) is 0 Å². The molecule has 0 atom stereocenters. The Balaban J connectivity index is 1.99. The number of hydrogen-bond acceptors (Lipinski definition) is 6. The molecule has 0 aromatic heterocycles. The summed E-state index contributed by atoms with van der Waals surface area (Å²) in [6.45, 7) is 8.92. The topological polar surface area (TPSA) is 71.1 Å². The second kappa shape index (κ2) is 15.2. The molecule has 0 saturated heterocycles. The zero-order chi connectivity index (χ0) is 27.3. The van der Waals surface area contributed by atoms with Gasteiger partial charge in [0, 0.05) is 21.5 Å². The maximum absolute atomic E-state index is 12.5. The van der Waals surface area contributed by atoms with Crippen molar-refractivity contribution in [3.05, 3.63) is 47.5 Å². The first kappa shape index (κ1) is 29.3. The number of rotatable bonds is 16. The van der Waals surface area contributed by atoms with Crippen LogP contribution in [-0.2, 0) is 31.9 Å². The van der Waals surface area contributed by atoms with Crippen LogP contribution in [0.25, 0.3) is 21.5 Å². The molecule has 0 amide bonds. The van der Waals surface area contributed by atoms with Gasteiger partial charge in [0.25, 0.3) is 0 Å². The molecule has 3 aromatic rings. The molecule has 206 valence electrons. The summed E-state index contributed by atoms with van der Waals surface area (Å²) in [7, 11) is 0. The van der Waals surface area contributed by atoms with Gasteiger partial charge in [-0.1, -0.05) is 89.8 Å². The molecule has 0 aliphatic carbocycles. The maximum atomic E-state index is 12.5. The van der Waals surface area contributed by atoms with Crippen LogP contribution in [0.3, 0.4) is 0 Å². The lowest BCUT2D eigenvalue weighted by molar-refractivity contribution is -0.147. The molecule has 0 spiro atoms. The summed E-state index contributed by atoms with van der Waals surface area (Å²) in [5, 5.41) is 3.41. The molecular formula is C32H42O6. The molecule has 6 nitrogen and oxygen atoms in total. The van der Waals surface area contributed by atoms with Gasteiger partial charge in [-0.25, -0.2) is 9.59 Å². The molecule has 0 fully saturated rings. The lowest BCUT2D eigenvalue weighted by Gasteiger charge is -2.21. The molecule has 0 radical (unpaired) electrons. The largest absolute Gasteiger partial charge is 0.481 e. The van der Waals surface area contributed by atoms with Gasteiger partial charge in [-0.2, -0.15) is 0 Å². The van der Waals surface area contributed by atoms with Crippen molar-refractivity contribution in [1.82, 2.24) is 0 Å². The molecule has 0 saturated carbocycles. The van der Waals surface area contributed by atoms with Crippen LogP contribution in [0.5, 0.6) is 11.5 Å². The molecule has 38 heavy (non-hydrogen) atoms. The van der Waals surface area contributed by atoms with Gasteiger partial charge in [0.15, 0.2) is 13.2 Å². The van der Waals surface area contributed by atoms with Crippen molar-refractivity contribution in [3.8, 4) is 11.5 Å². The van der Waals surface area contributed by atoms with E-state index in [0.29, 0.717) is 24.7 Å². The minimum atomic E-state index is -0.384. The summed E-state index contributed by atoms with van der Waals surface area (Å²) in [5.41, 5.74) is 2.36. The van der Waals surface area contributed by atoms with Crippen LogP contribution in [0.1, 0.15) is 77.3 Å². The van der Waals surface area contributed by atoms with Gasteiger partial charge in [0.1, 0.15) is 11.5 Å². The summed E-state index contributed by atoms with van der Waals surface area (Å²) in [6.07, 6.45) is 7.53. The fraction of sp³-hybridized carbons (Fsp3) is 0.500. The van der Waals surface area contributed by atoms with Crippen LogP contribution < -0.4 is 9.47 Å². The average Bonchev–Trinajstić information content (AvgIpc) is 2.94. The third-order valence-corrected chi connectivity index (χ3v) is 6.72. The Morgan fingerprint density at radius 2 is 1.18 bits per heavy atom. The highest BCUT2D eigenvalue weighted by molar-refractivity contribution is 6.12. The van der Waals surface area contributed by atoms with E-state index in [0.717, 1.165) is 78.5 Å². The van der Waals surface area contributed by atoms with Crippen molar-refractivity contribution < 1.29 is 28.5 Å². The number of benzene rings is 3. The van der Waals surface area contributed by atoms with E-state index in [9.17, 15) is 9.59 Å². The highest BCUT2D eigenvalue weighted by Gasteiger charge is 2.21. The van der Waals surface area contributed by atoms with Gasteiger partial charge < -0.3 is 18.9 Å². The summed E-state index contributed by atoms with van der Waals surface area (Å²) in [4.78, 5) is 24.9. The van der Waals surface area contributed by atoms with Gasteiger partial charge in [-0.3, -0.25) is 0 Å². The van der Waals surface area contributed by atoms with Gasteiger partial charge in [-0.05, 0) is 36.8 Å². The zero-order valence-corrected chi connectivity index (χ0v) is 23.4. The predicted molar refractivity (Wildman–Crippen MR) is 152 cm³/mol. The number of hydrogen-bond donors (Lipinski definition) is 0. The van der Waals surface area contributed by atoms with Gasteiger partial charge in [0.05, 0.1) is 13.2 Å².